The summed E-state index contributed by atoms with van der Waals surface area (Å²) in [6.07, 6.45) is 3.41. The minimum Gasteiger partial charge on any atom is -0.275 e. The maximum Gasteiger partial charge on any atom is 0.250 e. The number of nitrogens with zero attached hydrogens (tertiary/aromatic N) is 2. The molecule has 1 N–H and O–H groups in total. The standard InChI is InChI=1S/C9H11N3O2S2/c1-12-7-8(5-10-12)6-11-16(13,14)9-3-2-4-15-9/h2-5,7,11H,6H2,1H3. The van der Waals surface area contributed by atoms with E-state index in [-0.39, 0.29) is 6.54 Å². The Balaban J connectivity index is 2.06. The minimum atomic E-state index is -3.37. The molecule has 5 nitrogen and oxygen atoms in total. The summed E-state index contributed by atoms with van der Waals surface area (Å²) in [5.41, 5.74) is 0.836. The maximum atomic E-state index is 11.7. The second kappa shape index (κ2) is 4.36. The molecular formula is C9H11N3O2S2. The topological polar surface area (TPSA) is 64.0 Å². The fourth-order valence-corrected chi connectivity index (χ4v) is 3.28. The summed E-state index contributed by atoms with van der Waals surface area (Å²) in [6, 6.07) is 3.29. The predicted molar refractivity (Wildman–Crippen MR) is 61.6 cm³/mol. The van der Waals surface area contributed by atoms with Crippen LogP contribution < -0.4 is 4.72 Å². The number of sulfonamides is 1. The fraction of sp³-hybridized carbons (Fsp3) is 0.222. The van der Waals surface area contributed by atoms with Crippen molar-refractivity contribution in [2.45, 2.75) is 10.8 Å². The average Bonchev–Trinajstić information content (AvgIpc) is 2.85. The van der Waals surface area contributed by atoms with Crippen molar-refractivity contribution < 1.29 is 8.42 Å². The van der Waals surface area contributed by atoms with Crippen LogP contribution >= 0.6 is 11.3 Å². The van der Waals surface area contributed by atoms with E-state index in [1.165, 1.54) is 11.3 Å². The summed E-state index contributed by atoms with van der Waals surface area (Å²) in [5, 5.41) is 5.70. The Kier molecular flexibility index (Phi) is 3.08. The Bertz CT molecular complexity index is 557. The Morgan fingerprint density at radius 2 is 2.38 bits per heavy atom. The molecule has 16 heavy (non-hydrogen) atoms. The molecule has 2 aromatic heterocycles. The van der Waals surface area contributed by atoms with Gasteiger partial charge in [-0.15, -0.1) is 11.3 Å². The van der Waals surface area contributed by atoms with Crippen molar-refractivity contribution in [3.8, 4) is 0 Å². The highest BCUT2D eigenvalue weighted by Gasteiger charge is 2.14. The molecule has 0 amide bonds. The molecule has 0 saturated carbocycles. The minimum absolute atomic E-state index is 0.258. The van der Waals surface area contributed by atoms with Gasteiger partial charge in [-0.3, -0.25) is 4.68 Å². The molecule has 0 aliphatic heterocycles. The largest absolute Gasteiger partial charge is 0.275 e. The van der Waals surface area contributed by atoms with Crippen molar-refractivity contribution >= 4 is 21.4 Å². The zero-order valence-electron chi connectivity index (χ0n) is 8.62. The highest BCUT2D eigenvalue weighted by Crippen LogP contribution is 2.15. The molecule has 2 aromatic rings. The van der Waals surface area contributed by atoms with Crippen LogP contribution in [0.5, 0.6) is 0 Å². The third-order valence-electron chi connectivity index (χ3n) is 1.98. The Morgan fingerprint density at radius 1 is 1.56 bits per heavy atom. The molecule has 7 heteroatoms. The Labute approximate surface area is 97.8 Å². The third kappa shape index (κ3) is 2.49. The number of thiophene rings is 1. The molecule has 0 aliphatic rings. The van der Waals surface area contributed by atoms with Crippen LogP contribution in [-0.4, -0.2) is 18.2 Å². The molecule has 86 valence electrons. The van der Waals surface area contributed by atoms with E-state index in [4.69, 9.17) is 0 Å². The summed E-state index contributed by atoms with van der Waals surface area (Å²) in [4.78, 5) is 0. The van der Waals surface area contributed by atoms with E-state index in [0.29, 0.717) is 4.21 Å². The number of rotatable bonds is 4. The van der Waals surface area contributed by atoms with Gasteiger partial charge in [-0.25, -0.2) is 13.1 Å². The van der Waals surface area contributed by atoms with E-state index in [1.807, 2.05) is 0 Å². The lowest BCUT2D eigenvalue weighted by atomic mass is 10.4. The van der Waals surface area contributed by atoms with E-state index < -0.39 is 10.0 Å². The van der Waals surface area contributed by atoms with Gasteiger partial charge < -0.3 is 0 Å². The van der Waals surface area contributed by atoms with Crippen molar-refractivity contribution in [3.05, 3.63) is 35.5 Å². The van der Waals surface area contributed by atoms with Crippen LogP contribution in [0.4, 0.5) is 0 Å². The van der Waals surface area contributed by atoms with Gasteiger partial charge in [0.05, 0.1) is 6.20 Å². The molecule has 2 rings (SSSR count). The van der Waals surface area contributed by atoms with Crippen LogP contribution in [-0.2, 0) is 23.6 Å². The first-order valence-electron chi connectivity index (χ1n) is 4.58. The number of hydrogen-bond donors (Lipinski definition) is 1. The second-order valence-electron chi connectivity index (χ2n) is 3.28. The number of aromatic nitrogens is 2. The number of aryl methyl sites for hydroxylation is 1. The first kappa shape index (κ1) is 11.3. The molecule has 0 spiro atoms. The molecule has 0 fully saturated rings. The van der Waals surface area contributed by atoms with Gasteiger partial charge in [0.15, 0.2) is 0 Å². The summed E-state index contributed by atoms with van der Waals surface area (Å²) in [7, 11) is -1.59. The van der Waals surface area contributed by atoms with Crippen molar-refractivity contribution in [2.24, 2.45) is 7.05 Å². The van der Waals surface area contributed by atoms with Gasteiger partial charge in [-0.05, 0) is 11.4 Å². The zero-order valence-corrected chi connectivity index (χ0v) is 10.3. The highest BCUT2D eigenvalue weighted by atomic mass is 32.2. The second-order valence-corrected chi connectivity index (χ2v) is 6.22. The summed E-state index contributed by atoms with van der Waals surface area (Å²) in [5.74, 6) is 0. The molecule has 2 heterocycles. The monoisotopic (exact) mass is 257 g/mol. The molecule has 0 aliphatic carbocycles. The number of hydrogen-bond acceptors (Lipinski definition) is 4. The van der Waals surface area contributed by atoms with Gasteiger partial charge in [0.2, 0.25) is 10.0 Å². The van der Waals surface area contributed by atoms with Crippen molar-refractivity contribution in [2.75, 3.05) is 0 Å². The summed E-state index contributed by atoms with van der Waals surface area (Å²) >= 11 is 1.20. The van der Waals surface area contributed by atoms with E-state index in [9.17, 15) is 8.42 Å². The van der Waals surface area contributed by atoms with Crippen molar-refractivity contribution in [3.63, 3.8) is 0 Å². The molecule has 0 atom stereocenters. The van der Waals surface area contributed by atoms with Gasteiger partial charge >= 0.3 is 0 Å². The quantitative estimate of drug-likeness (QED) is 0.887. The first-order valence-corrected chi connectivity index (χ1v) is 6.95. The number of nitrogens with one attached hydrogen (secondary N) is 1. The van der Waals surface area contributed by atoms with Crippen LogP contribution in [0.15, 0.2) is 34.1 Å². The van der Waals surface area contributed by atoms with Crippen LogP contribution in [0.3, 0.4) is 0 Å². The highest BCUT2D eigenvalue weighted by molar-refractivity contribution is 7.91. The van der Waals surface area contributed by atoms with Crippen LogP contribution in [0.1, 0.15) is 5.56 Å². The van der Waals surface area contributed by atoms with Gasteiger partial charge in [0.25, 0.3) is 0 Å². The molecular weight excluding hydrogens is 246 g/mol. The Hall–Kier alpha value is -1.18. The van der Waals surface area contributed by atoms with Crippen molar-refractivity contribution in [1.29, 1.82) is 0 Å². The average molecular weight is 257 g/mol. The van der Waals surface area contributed by atoms with Crippen molar-refractivity contribution in [1.82, 2.24) is 14.5 Å². The third-order valence-corrected chi connectivity index (χ3v) is 4.78. The SMILES string of the molecule is Cn1cc(CNS(=O)(=O)c2cccs2)cn1. The predicted octanol–water partition coefficient (Wildman–Crippen LogP) is 0.960. The molecule has 0 bridgehead atoms. The van der Waals surface area contributed by atoms with Gasteiger partial charge in [0.1, 0.15) is 4.21 Å². The lowest BCUT2D eigenvalue weighted by molar-refractivity contribution is 0.583. The Morgan fingerprint density at radius 3 is 2.94 bits per heavy atom. The summed E-state index contributed by atoms with van der Waals surface area (Å²) in [6.45, 7) is 0.258. The van der Waals surface area contributed by atoms with Gasteiger partial charge in [-0.2, -0.15) is 5.10 Å². The molecule has 0 radical (unpaired) electrons. The maximum absolute atomic E-state index is 11.7. The van der Waals surface area contributed by atoms with E-state index in [2.05, 4.69) is 9.82 Å². The normalized spacial score (nSPS) is 11.8. The van der Waals surface area contributed by atoms with Crippen LogP contribution in [0.25, 0.3) is 0 Å². The smallest absolute Gasteiger partial charge is 0.250 e. The van der Waals surface area contributed by atoms with E-state index in [1.54, 1.807) is 41.6 Å². The zero-order chi connectivity index (χ0) is 11.6. The van der Waals surface area contributed by atoms with E-state index >= 15 is 0 Å². The van der Waals surface area contributed by atoms with Crippen LogP contribution in [0, 0.1) is 0 Å². The van der Waals surface area contributed by atoms with E-state index in [0.717, 1.165) is 5.56 Å². The summed E-state index contributed by atoms with van der Waals surface area (Å²) < 4.78 is 28.0. The molecule has 0 unspecified atom stereocenters. The fourth-order valence-electron chi connectivity index (χ4n) is 1.23. The van der Waals surface area contributed by atoms with Gasteiger partial charge in [-0.1, -0.05) is 6.07 Å². The van der Waals surface area contributed by atoms with Crippen LogP contribution in [0.2, 0.25) is 0 Å². The first-order chi connectivity index (χ1) is 7.58. The van der Waals surface area contributed by atoms with Gasteiger partial charge in [0, 0.05) is 25.4 Å². The molecule has 0 aromatic carbocycles. The lowest BCUT2D eigenvalue weighted by Crippen LogP contribution is -2.22. The lowest BCUT2D eigenvalue weighted by Gasteiger charge is -2.02. The molecule has 0 saturated heterocycles.